The van der Waals surface area contributed by atoms with E-state index in [1.165, 1.54) is 5.56 Å². The molecule has 2 rings (SSSR count). The standard InChI is InChI=1S/C21H30N2O2/c1-8-18(12-24-7)11-19-16(5)21(23-17(6)22-19)25-20-14(3)9-13(2)10-15(20)4/h9-10,18H,8,11-12H2,1-7H3. The number of rotatable bonds is 7. The van der Waals surface area contributed by atoms with Crippen molar-refractivity contribution in [3.05, 3.63) is 45.9 Å². The monoisotopic (exact) mass is 342 g/mol. The van der Waals surface area contributed by atoms with Crippen LogP contribution in [0.25, 0.3) is 0 Å². The molecule has 25 heavy (non-hydrogen) atoms. The smallest absolute Gasteiger partial charge is 0.225 e. The van der Waals surface area contributed by atoms with Crippen molar-refractivity contribution in [3.8, 4) is 11.6 Å². The van der Waals surface area contributed by atoms with E-state index in [0.29, 0.717) is 11.8 Å². The highest BCUT2D eigenvalue weighted by atomic mass is 16.5. The van der Waals surface area contributed by atoms with Crippen LogP contribution in [0, 0.1) is 40.5 Å². The van der Waals surface area contributed by atoms with Crippen LogP contribution in [0.5, 0.6) is 11.6 Å². The molecule has 4 nitrogen and oxygen atoms in total. The lowest BCUT2D eigenvalue weighted by Gasteiger charge is -2.18. The molecule has 0 saturated heterocycles. The fourth-order valence-electron chi connectivity index (χ4n) is 3.21. The van der Waals surface area contributed by atoms with Gasteiger partial charge in [-0.15, -0.1) is 0 Å². The van der Waals surface area contributed by atoms with Crippen LogP contribution in [0.1, 0.15) is 47.1 Å². The summed E-state index contributed by atoms with van der Waals surface area (Å²) in [5.74, 6) is 2.74. The second-order valence-corrected chi connectivity index (χ2v) is 6.91. The molecule has 1 atom stereocenters. The van der Waals surface area contributed by atoms with Crippen LogP contribution in [0.2, 0.25) is 0 Å². The van der Waals surface area contributed by atoms with Crippen molar-refractivity contribution in [2.24, 2.45) is 5.92 Å². The highest BCUT2D eigenvalue weighted by molar-refractivity contribution is 5.46. The molecular weight excluding hydrogens is 312 g/mol. The lowest BCUT2D eigenvalue weighted by atomic mass is 9.99. The van der Waals surface area contributed by atoms with Gasteiger partial charge in [0.25, 0.3) is 0 Å². The molecule has 0 aliphatic carbocycles. The first-order valence-corrected chi connectivity index (χ1v) is 8.94. The van der Waals surface area contributed by atoms with Gasteiger partial charge in [-0.1, -0.05) is 31.0 Å². The molecule has 0 aliphatic rings. The van der Waals surface area contributed by atoms with Crippen molar-refractivity contribution in [2.75, 3.05) is 13.7 Å². The summed E-state index contributed by atoms with van der Waals surface area (Å²) in [6.45, 7) is 13.1. The van der Waals surface area contributed by atoms with Crippen molar-refractivity contribution in [1.82, 2.24) is 9.97 Å². The lowest BCUT2D eigenvalue weighted by Crippen LogP contribution is -2.14. The summed E-state index contributed by atoms with van der Waals surface area (Å²) >= 11 is 0. The number of aryl methyl sites for hydroxylation is 4. The molecule has 1 aromatic heterocycles. The number of benzene rings is 1. The van der Waals surface area contributed by atoms with E-state index in [0.717, 1.165) is 53.4 Å². The van der Waals surface area contributed by atoms with Crippen molar-refractivity contribution in [2.45, 2.75) is 54.4 Å². The van der Waals surface area contributed by atoms with Crippen LogP contribution >= 0.6 is 0 Å². The fraction of sp³-hybridized carbons (Fsp3) is 0.524. The second-order valence-electron chi connectivity index (χ2n) is 6.91. The van der Waals surface area contributed by atoms with Crippen molar-refractivity contribution >= 4 is 0 Å². The predicted molar refractivity (Wildman–Crippen MR) is 102 cm³/mol. The predicted octanol–water partition coefficient (Wildman–Crippen LogP) is 5.03. The van der Waals surface area contributed by atoms with Gasteiger partial charge in [-0.05, 0) is 58.1 Å². The SMILES string of the molecule is CCC(COC)Cc1nc(C)nc(Oc2c(C)cc(C)cc2C)c1C. The summed E-state index contributed by atoms with van der Waals surface area (Å²) in [4.78, 5) is 9.21. The zero-order valence-electron chi connectivity index (χ0n) is 16.6. The van der Waals surface area contributed by atoms with Gasteiger partial charge in [0.1, 0.15) is 11.6 Å². The van der Waals surface area contributed by atoms with Crippen molar-refractivity contribution in [3.63, 3.8) is 0 Å². The van der Waals surface area contributed by atoms with Gasteiger partial charge in [0.05, 0.1) is 5.69 Å². The molecule has 0 saturated carbocycles. The summed E-state index contributed by atoms with van der Waals surface area (Å²) in [5.41, 5.74) is 5.55. The van der Waals surface area contributed by atoms with Gasteiger partial charge in [-0.25, -0.2) is 4.98 Å². The first-order chi connectivity index (χ1) is 11.8. The van der Waals surface area contributed by atoms with Crippen LogP contribution in [0.15, 0.2) is 12.1 Å². The number of methoxy groups -OCH3 is 1. The van der Waals surface area contributed by atoms with E-state index in [4.69, 9.17) is 9.47 Å². The maximum Gasteiger partial charge on any atom is 0.225 e. The highest BCUT2D eigenvalue weighted by Crippen LogP contribution is 2.31. The van der Waals surface area contributed by atoms with E-state index in [2.05, 4.69) is 49.8 Å². The molecule has 1 aromatic carbocycles. The third-order valence-electron chi connectivity index (χ3n) is 4.58. The Balaban J connectivity index is 2.36. The summed E-state index contributed by atoms with van der Waals surface area (Å²) in [6.07, 6.45) is 1.93. The van der Waals surface area contributed by atoms with Crippen LogP contribution in [0.3, 0.4) is 0 Å². The largest absolute Gasteiger partial charge is 0.438 e. The van der Waals surface area contributed by atoms with Gasteiger partial charge < -0.3 is 9.47 Å². The zero-order valence-corrected chi connectivity index (χ0v) is 16.6. The fourth-order valence-corrected chi connectivity index (χ4v) is 3.21. The minimum atomic E-state index is 0.452. The molecule has 0 spiro atoms. The number of hydrogen-bond donors (Lipinski definition) is 0. The highest BCUT2D eigenvalue weighted by Gasteiger charge is 2.17. The van der Waals surface area contributed by atoms with E-state index < -0.39 is 0 Å². The van der Waals surface area contributed by atoms with Crippen LogP contribution in [-0.2, 0) is 11.2 Å². The Morgan fingerprint density at radius 2 is 1.64 bits per heavy atom. The summed E-state index contributed by atoms with van der Waals surface area (Å²) in [7, 11) is 1.75. The minimum Gasteiger partial charge on any atom is -0.438 e. The van der Waals surface area contributed by atoms with Gasteiger partial charge in [0.15, 0.2) is 0 Å². The first-order valence-electron chi connectivity index (χ1n) is 8.94. The molecule has 0 amide bonds. The topological polar surface area (TPSA) is 44.2 Å². The average Bonchev–Trinajstić information content (AvgIpc) is 2.54. The molecular formula is C21H30N2O2. The lowest BCUT2D eigenvalue weighted by molar-refractivity contribution is 0.149. The molecule has 0 radical (unpaired) electrons. The summed E-state index contributed by atoms with van der Waals surface area (Å²) in [5, 5.41) is 0. The number of ether oxygens (including phenoxy) is 2. The minimum absolute atomic E-state index is 0.452. The maximum atomic E-state index is 6.24. The number of nitrogens with zero attached hydrogens (tertiary/aromatic N) is 2. The van der Waals surface area contributed by atoms with Crippen LogP contribution in [-0.4, -0.2) is 23.7 Å². The van der Waals surface area contributed by atoms with Crippen molar-refractivity contribution in [1.29, 1.82) is 0 Å². The van der Waals surface area contributed by atoms with Gasteiger partial charge in [-0.3, -0.25) is 0 Å². The molecule has 0 aliphatic heterocycles. The van der Waals surface area contributed by atoms with Crippen LogP contribution in [0.4, 0.5) is 0 Å². The molecule has 0 bridgehead atoms. The third kappa shape index (κ3) is 4.79. The molecule has 2 aromatic rings. The Morgan fingerprint density at radius 3 is 2.20 bits per heavy atom. The molecule has 4 heteroatoms. The quantitative estimate of drug-likeness (QED) is 0.708. The average molecular weight is 342 g/mol. The maximum absolute atomic E-state index is 6.24. The Morgan fingerprint density at radius 1 is 1.00 bits per heavy atom. The van der Waals surface area contributed by atoms with Gasteiger partial charge in [0.2, 0.25) is 5.88 Å². The van der Waals surface area contributed by atoms with E-state index >= 15 is 0 Å². The zero-order chi connectivity index (χ0) is 18.6. The van der Waals surface area contributed by atoms with Gasteiger partial charge >= 0.3 is 0 Å². The third-order valence-corrected chi connectivity index (χ3v) is 4.58. The van der Waals surface area contributed by atoms with E-state index in [9.17, 15) is 0 Å². The number of hydrogen-bond acceptors (Lipinski definition) is 4. The molecule has 136 valence electrons. The Labute approximate surface area is 151 Å². The molecule has 0 N–H and O–H groups in total. The number of aromatic nitrogens is 2. The molecule has 0 fully saturated rings. The summed E-state index contributed by atoms with van der Waals surface area (Å²) < 4.78 is 11.6. The molecule has 1 heterocycles. The van der Waals surface area contributed by atoms with Crippen LogP contribution < -0.4 is 4.74 Å². The van der Waals surface area contributed by atoms with E-state index in [-0.39, 0.29) is 0 Å². The van der Waals surface area contributed by atoms with Gasteiger partial charge in [-0.2, -0.15) is 4.98 Å². The second kappa shape index (κ2) is 8.43. The Hall–Kier alpha value is -1.94. The summed E-state index contributed by atoms with van der Waals surface area (Å²) in [6, 6.07) is 4.27. The Kier molecular flexibility index (Phi) is 6.54. The van der Waals surface area contributed by atoms with Gasteiger partial charge in [0, 0.05) is 19.3 Å². The first kappa shape index (κ1) is 19.4. The molecule has 1 unspecified atom stereocenters. The van der Waals surface area contributed by atoms with E-state index in [1.807, 2.05) is 13.8 Å². The normalized spacial score (nSPS) is 12.3. The van der Waals surface area contributed by atoms with E-state index in [1.54, 1.807) is 7.11 Å². The Bertz CT molecular complexity index is 718. The van der Waals surface area contributed by atoms with Crippen molar-refractivity contribution < 1.29 is 9.47 Å².